The normalized spacial score (nSPS) is 37.5. The molecule has 0 saturated carbocycles. The molecule has 9 nitrogen and oxygen atoms in total. The second-order valence-electron chi connectivity index (χ2n) is 9.98. The number of carbonyl (C=O) groups is 2. The summed E-state index contributed by atoms with van der Waals surface area (Å²) in [5.74, 6) is -2.26. The van der Waals surface area contributed by atoms with E-state index < -0.39 is 70.8 Å². The third-order valence-corrected chi connectivity index (χ3v) is 7.40. The zero-order chi connectivity index (χ0) is 26.1. The fourth-order valence-electron chi connectivity index (χ4n) is 4.27. The van der Waals surface area contributed by atoms with E-state index in [9.17, 15) is 19.8 Å². The number of ether oxygens (including phenoxy) is 2. The fraction of sp³-hybridized carbons (Fsp3) is 0.708. The molecule has 0 aromatic carbocycles. The SMILES string of the molecule is Cc1nc(C=C(F)[C@@H]2C[C@H]3O[C@@]3(Cl)CCO[C@@H](C)[C@@H](O)[C@@H](C)C(=O)C(C)(C)[C@@H](O)CC(=O)N2)co1. The second-order valence-corrected chi connectivity index (χ2v) is 10.6. The molecule has 1 aromatic rings. The van der Waals surface area contributed by atoms with Crippen molar-refractivity contribution in [1.29, 1.82) is 0 Å². The van der Waals surface area contributed by atoms with Crippen LogP contribution in [0.15, 0.2) is 16.5 Å². The van der Waals surface area contributed by atoms with E-state index in [1.807, 2.05) is 0 Å². The van der Waals surface area contributed by atoms with Crippen LogP contribution in [0.5, 0.6) is 0 Å². The number of aliphatic hydroxyl groups is 2. The van der Waals surface area contributed by atoms with E-state index >= 15 is 4.39 Å². The second kappa shape index (κ2) is 10.6. The average molecular weight is 517 g/mol. The number of ketones is 1. The summed E-state index contributed by atoms with van der Waals surface area (Å²) in [6.07, 6.45) is -1.46. The molecule has 2 aliphatic heterocycles. The van der Waals surface area contributed by atoms with Crippen molar-refractivity contribution in [2.24, 2.45) is 11.3 Å². The first kappa shape index (κ1) is 27.7. The number of hydrogen-bond donors (Lipinski definition) is 3. The number of oxazole rings is 1. The Bertz CT molecular complexity index is 967. The third kappa shape index (κ3) is 6.48. The smallest absolute Gasteiger partial charge is 0.223 e. The highest BCUT2D eigenvalue weighted by Crippen LogP contribution is 2.47. The van der Waals surface area contributed by atoms with E-state index in [0.29, 0.717) is 5.89 Å². The molecule has 2 aliphatic rings. The molecule has 2 saturated heterocycles. The summed E-state index contributed by atoms with van der Waals surface area (Å²) < 4.78 is 31.6. The highest BCUT2D eigenvalue weighted by molar-refractivity contribution is 6.25. The van der Waals surface area contributed by atoms with Crippen LogP contribution in [0.2, 0.25) is 0 Å². The molecule has 0 radical (unpaired) electrons. The summed E-state index contributed by atoms with van der Waals surface area (Å²) in [6.45, 7) is 7.97. The van der Waals surface area contributed by atoms with Gasteiger partial charge in [0.2, 0.25) is 5.91 Å². The number of alkyl halides is 1. The number of carbonyl (C=O) groups excluding carboxylic acids is 2. The first-order valence-corrected chi connectivity index (χ1v) is 12.1. The van der Waals surface area contributed by atoms with Crippen LogP contribution in [0.25, 0.3) is 6.08 Å². The average Bonchev–Trinajstić information content (AvgIpc) is 3.22. The molecule has 35 heavy (non-hydrogen) atoms. The molecule has 2 fully saturated rings. The number of halogens is 2. The van der Waals surface area contributed by atoms with E-state index in [4.69, 9.17) is 25.5 Å². The van der Waals surface area contributed by atoms with Crippen LogP contribution in [0.1, 0.15) is 58.5 Å². The summed E-state index contributed by atoms with van der Waals surface area (Å²) in [5, 5.41) is 22.9. The predicted molar refractivity (Wildman–Crippen MR) is 125 cm³/mol. The summed E-state index contributed by atoms with van der Waals surface area (Å²) in [4.78, 5) is 29.9. The molecular weight excluding hydrogens is 483 g/mol. The number of amides is 1. The number of fused-ring (bicyclic) bond motifs is 1. The zero-order valence-electron chi connectivity index (χ0n) is 20.6. The molecule has 11 heteroatoms. The maximum absolute atomic E-state index is 15.2. The van der Waals surface area contributed by atoms with Crippen molar-refractivity contribution in [1.82, 2.24) is 10.3 Å². The largest absolute Gasteiger partial charge is 0.449 e. The quantitative estimate of drug-likeness (QED) is 0.403. The standard InChI is InChI=1S/C24H34ClFN2O7/c1-12-21(31)13(2)33-7-6-24(25)19(35-24)9-17(16(26)8-15-11-34-14(3)27-15)28-20(30)10-18(29)23(4,5)22(12)32/h8,11-13,17-19,21,29,31H,6-7,9-10H2,1-5H3,(H,28,30)/t12-,13+,17+,18+,19-,21+,24+/m1/s1. The van der Waals surface area contributed by atoms with E-state index in [1.54, 1.807) is 20.8 Å². The zero-order valence-corrected chi connectivity index (χ0v) is 21.3. The minimum atomic E-state index is -1.37. The lowest BCUT2D eigenvalue weighted by Crippen LogP contribution is -2.48. The highest BCUT2D eigenvalue weighted by atomic mass is 35.5. The molecule has 1 amide bonds. The van der Waals surface area contributed by atoms with Gasteiger partial charge in [-0.05, 0) is 6.92 Å². The van der Waals surface area contributed by atoms with Gasteiger partial charge in [-0.25, -0.2) is 9.37 Å². The van der Waals surface area contributed by atoms with Crippen molar-refractivity contribution in [3.63, 3.8) is 0 Å². The number of rotatable bonds is 2. The number of aromatic nitrogens is 1. The van der Waals surface area contributed by atoms with E-state index in [-0.39, 0.29) is 25.1 Å². The first-order chi connectivity index (χ1) is 16.2. The molecular formula is C24H34ClFN2O7. The Labute approximate surface area is 209 Å². The summed E-state index contributed by atoms with van der Waals surface area (Å²) in [6, 6.07) is -1.11. The fourth-order valence-corrected chi connectivity index (χ4v) is 4.54. The molecule has 196 valence electrons. The molecule has 1 aromatic heterocycles. The van der Waals surface area contributed by atoms with Gasteiger partial charge in [-0.3, -0.25) is 9.59 Å². The molecule has 0 unspecified atom stereocenters. The number of hydrogen-bond acceptors (Lipinski definition) is 8. The van der Waals surface area contributed by atoms with Crippen molar-refractivity contribution < 1.29 is 38.1 Å². The van der Waals surface area contributed by atoms with Crippen molar-refractivity contribution in [2.45, 2.75) is 89.4 Å². The van der Waals surface area contributed by atoms with Crippen molar-refractivity contribution in [3.8, 4) is 0 Å². The number of nitrogens with one attached hydrogen (secondary N) is 1. The van der Waals surface area contributed by atoms with Gasteiger partial charge in [0.1, 0.15) is 29.7 Å². The van der Waals surface area contributed by atoms with Crippen LogP contribution in [0.4, 0.5) is 4.39 Å². The lowest BCUT2D eigenvalue weighted by atomic mass is 9.74. The Morgan fingerprint density at radius 1 is 1.31 bits per heavy atom. The maximum atomic E-state index is 15.2. The number of aryl methyl sites for hydroxylation is 1. The van der Waals surface area contributed by atoms with Crippen molar-refractivity contribution >= 4 is 29.4 Å². The lowest BCUT2D eigenvalue weighted by Gasteiger charge is -2.34. The van der Waals surface area contributed by atoms with Crippen LogP contribution in [0.3, 0.4) is 0 Å². The van der Waals surface area contributed by atoms with Crippen LogP contribution < -0.4 is 5.32 Å². The van der Waals surface area contributed by atoms with Crippen LogP contribution in [0, 0.1) is 18.3 Å². The highest BCUT2D eigenvalue weighted by Gasteiger charge is 2.56. The number of Topliss-reactive ketones (excluding diaryl/α,β-unsaturated/α-hetero) is 1. The van der Waals surface area contributed by atoms with E-state index in [1.165, 1.54) is 20.1 Å². The van der Waals surface area contributed by atoms with Crippen molar-refractivity contribution in [3.05, 3.63) is 23.7 Å². The summed E-state index contributed by atoms with van der Waals surface area (Å²) in [7, 11) is 0. The van der Waals surface area contributed by atoms with Crippen LogP contribution in [-0.2, 0) is 19.1 Å². The van der Waals surface area contributed by atoms with E-state index in [0.717, 1.165) is 6.08 Å². The Hall–Kier alpha value is -1.85. The lowest BCUT2D eigenvalue weighted by molar-refractivity contribution is -0.146. The van der Waals surface area contributed by atoms with Crippen LogP contribution >= 0.6 is 11.6 Å². The van der Waals surface area contributed by atoms with Crippen molar-refractivity contribution in [2.75, 3.05) is 6.61 Å². The number of epoxide rings is 1. The van der Waals surface area contributed by atoms with Gasteiger partial charge >= 0.3 is 0 Å². The Morgan fingerprint density at radius 2 is 2.00 bits per heavy atom. The predicted octanol–water partition coefficient (Wildman–Crippen LogP) is 2.65. The van der Waals surface area contributed by atoms with Gasteiger partial charge in [-0.15, -0.1) is 0 Å². The van der Waals surface area contributed by atoms with Gasteiger partial charge in [0.15, 0.2) is 11.0 Å². The monoisotopic (exact) mass is 516 g/mol. The van der Waals surface area contributed by atoms with Gasteiger partial charge in [-0.2, -0.15) is 0 Å². The Morgan fingerprint density at radius 3 is 2.63 bits per heavy atom. The van der Waals surface area contributed by atoms with E-state index in [2.05, 4.69) is 10.3 Å². The molecule has 3 rings (SSSR count). The van der Waals surface area contributed by atoms with Gasteiger partial charge in [0, 0.05) is 31.8 Å². The minimum Gasteiger partial charge on any atom is -0.449 e. The third-order valence-electron chi connectivity index (χ3n) is 6.88. The number of aliphatic hydroxyl groups excluding tert-OH is 2. The minimum absolute atomic E-state index is 0.0298. The summed E-state index contributed by atoms with van der Waals surface area (Å²) in [5.41, 5.74) is -1.10. The molecule has 7 atom stereocenters. The molecule has 0 aliphatic carbocycles. The topological polar surface area (TPSA) is 134 Å². The van der Waals surface area contributed by atoms with Gasteiger partial charge < -0.3 is 29.4 Å². The summed E-state index contributed by atoms with van der Waals surface area (Å²) >= 11 is 6.50. The Balaban J connectivity index is 1.85. The van der Waals surface area contributed by atoms with Crippen LogP contribution in [-0.4, -0.2) is 69.0 Å². The Kier molecular flexibility index (Phi) is 8.43. The van der Waals surface area contributed by atoms with Gasteiger partial charge in [0.05, 0.1) is 42.8 Å². The molecule has 3 heterocycles. The molecule has 0 bridgehead atoms. The molecule has 3 N–H and O–H groups in total. The first-order valence-electron chi connectivity index (χ1n) is 11.7. The van der Waals surface area contributed by atoms with Gasteiger partial charge in [-0.1, -0.05) is 32.4 Å². The molecule has 0 spiro atoms. The maximum Gasteiger partial charge on any atom is 0.223 e. The number of nitrogens with zero attached hydrogens (tertiary/aromatic N) is 1. The van der Waals surface area contributed by atoms with Gasteiger partial charge in [0.25, 0.3) is 0 Å².